The van der Waals surface area contributed by atoms with Crippen molar-refractivity contribution in [2.75, 3.05) is 32.8 Å². The van der Waals surface area contributed by atoms with Gasteiger partial charge in [-0.05, 0) is 32.5 Å². The number of piperazine rings is 1. The van der Waals surface area contributed by atoms with Gasteiger partial charge in [0.2, 0.25) is 10.0 Å². The van der Waals surface area contributed by atoms with Crippen LogP contribution in [0.25, 0.3) is 0 Å². The highest BCUT2D eigenvalue weighted by Crippen LogP contribution is 2.26. The summed E-state index contributed by atoms with van der Waals surface area (Å²) in [5.74, 6) is -0.478. The number of rotatable bonds is 7. The van der Waals surface area contributed by atoms with E-state index in [0.717, 1.165) is 0 Å². The van der Waals surface area contributed by atoms with Crippen LogP contribution in [-0.2, 0) is 24.3 Å². The summed E-state index contributed by atoms with van der Waals surface area (Å²) in [5, 5.41) is 0. The number of pyridine rings is 1. The first kappa shape index (κ1) is 19.8. The predicted octanol–water partition coefficient (Wildman–Crippen LogP) is 0.702. The van der Waals surface area contributed by atoms with Crippen molar-refractivity contribution in [1.29, 1.82) is 0 Å². The van der Waals surface area contributed by atoms with Crippen molar-refractivity contribution in [3.05, 3.63) is 24.5 Å². The molecule has 1 aromatic rings. The van der Waals surface area contributed by atoms with E-state index in [9.17, 15) is 13.2 Å². The summed E-state index contributed by atoms with van der Waals surface area (Å²) in [4.78, 5) is 18.3. The normalized spacial score (nSPS) is 22.7. The molecule has 0 aliphatic carbocycles. The van der Waals surface area contributed by atoms with E-state index in [1.165, 1.54) is 22.8 Å². The van der Waals surface area contributed by atoms with Gasteiger partial charge in [-0.3, -0.25) is 14.7 Å². The molecule has 2 unspecified atom stereocenters. The number of sulfonamides is 1. The van der Waals surface area contributed by atoms with Crippen LogP contribution < -0.4 is 0 Å². The molecule has 0 bridgehead atoms. The predicted molar refractivity (Wildman–Crippen MR) is 91.2 cm³/mol. The van der Waals surface area contributed by atoms with Crippen LogP contribution in [0.1, 0.15) is 20.8 Å². The molecule has 2 heterocycles. The molecule has 140 valence electrons. The van der Waals surface area contributed by atoms with Crippen molar-refractivity contribution in [2.24, 2.45) is 0 Å². The van der Waals surface area contributed by atoms with Gasteiger partial charge in [-0.25, -0.2) is 8.42 Å². The molecule has 0 saturated carbocycles. The lowest BCUT2D eigenvalue weighted by Gasteiger charge is -2.44. The van der Waals surface area contributed by atoms with E-state index in [0.29, 0.717) is 13.1 Å². The third kappa shape index (κ3) is 4.17. The average Bonchev–Trinajstić information content (AvgIpc) is 2.62. The van der Waals surface area contributed by atoms with Gasteiger partial charge in [0.05, 0.1) is 6.61 Å². The number of ether oxygens (including phenoxy) is 2. The molecule has 1 aliphatic rings. The van der Waals surface area contributed by atoms with Gasteiger partial charge in [0.15, 0.2) is 0 Å². The van der Waals surface area contributed by atoms with E-state index < -0.39 is 28.3 Å². The monoisotopic (exact) mass is 371 g/mol. The topological polar surface area (TPSA) is 89.0 Å². The number of likely N-dealkylation sites (N-methyl/N-ethyl adjacent to an activating group) is 1. The summed E-state index contributed by atoms with van der Waals surface area (Å²) >= 11 is 0. The maximum Gasteiger partial charge on any atom is 0.327 e. The second-order valence-electron chi connectivity index (χ2n) is 5.48. The highest BCUT2D eigenvalue weighted by Gasteiger charge is 2.47. The minimum atomic E-state index is -3.84. The van der Waals surface area contributed by atoms with Crippen molar-refractivity contribution in [3.63, 3.8) is 0 Å². The Morgan fingerprint density at radius 3 is 2.60 bits per heavy atom. The average molecular weight is 371 g/mol. The molecular weight excluding hydrogens is 346 g/mol. The number of nitrogens with zero attached hydrogens (tertiary/aromatic N) is 3. The van der Waals surface area contributed by atoms with Gasteiger partial charge in [-0.15, -0.1) is 0 Å². The van der Waals surface area contributed by atoms with Gasteiger partial charge < -0.3 is 9.47 Å². The molecule has 25 heavy (non-hydrogen) atoms. The molecular formula is C16H25N3O5S. The minimum Gasteiger partial charge on any atom is -0.465 e. The summed E-state index contributed by atoms with van der Waals surface area (Å²) in [6, 6.07) is 2.25. The summed E-state index contributed by atoms with van der Waals surface area (Å²) in [6.07, 6.45) is 1.86. The molecule has 2 rings (SSSR count). The second-order valence-corrected chi connectivity index (χ2v) is 7.37. The molecule has 0 amide bonds. The highest BCUT2D eigenvalue weighted by atomic mass is 32.2. The van der Waals surface area contributed by atoms with Crippen LogP contribution in [0.2, 0.25) is 0 Å². The first-order chi connectivity index (χ1) is 12.0. The third-order valence-corrected chi connectivity index (χ3v) is 5.91. The van der Waals surface area contributed by atoms with Gasteiger partial charge in [-0.1, -0.05) is 6.92 Å². The van der Waals surface area contributed by atoms with Gasteiger partial charge in [0.1, 0.15) is 17.2 Å². The molecule has 1 aromatic heterocycles. The molecule has 0 spiro atoms. The molecule has 8 nitrogen and oxygen atoms in total. The SMILES string of the molecule is CCOC(=O)C1C(OCC)N(S(=O)(=O)c2cccnc2)CCN1CC. The Balaban J connectivity index is 2.42. The third-order valence-electron chi connectivity index (χ3n) is 4.07. The summed E-state index contributed by atoms with van der Waals surface area (Å²) in [6.45, 7) is 7.14. The molecule has 0 aromatic carbocycles. The fraction of sp³-hybridized carbons (Fsp3) is 0.625. The summed E-state index contributed by atoms with van der Waals surface area (Å²) in [7, 11) is -3.84. The molecule has 1 fully saturated rings. The Bertz CT molecular complexity index is 668. The van der Waals surface area contributed by atoms with Crippen LogP contribution in [0.4, 0.5) is 0 Å². The van der Waals surface area contributed by atoms with Crippen molar-refractivity contribution in [2.45, 2.75) is 37.9 Å². The Hall–Kier alpha value is -1.55. The zero-order valence-electron chi connectivity index (χ0n) is 14.8. The number of aromatic nitrogens is 1. The fourth-order valence-electron chi connectivity index (χ4n) is 2.92. The number of hydrogen-bond acceptors (Lipinski definition) is 7. The molecule has 1 saturated heterocycles. The Morgan fingerprint density at radius 1 is 1.28 bits per heavy atom. The maximum absolute atomic E-state index is 13.0. The van der Waals surface area contributed by atoms with Crippen LogP contribution >= 0.6 is 0 Å². The van der Waals surface area contributed by atoms with Crippen molar-refractivity contribution >= 4 is 16.0 Å². The number of carbonyl (C=O) groups is 1. The van der Waals surface area contributed by atoms with Crippen molar-refractivity contribution < 1.29 is 22.7 Å². The van der Waals surface area contributed by atoms with E-state index in [2.05, 4.69) is 4.98 Å². The molecule has 1 aliphatic heterocycles. The second kappa shape index (κ2) is 8.70. The number of esters is 1. The lowest BCUT2D eigenvalue weighted by Crippen LogP contribution is -2.64. The first-order valence-corrected chi connectivity index (χ1v) is 9.85. The van der Waals surface area contributed by atoms with Gasteiger partial charge >= 0.3 is 5.97 Å². The van der Waals surface area contributed by atoms with Crippen molar-refractivity contribution in [3.8, 4) is 0 Å². The lowest BCUT2D eigenvalue weighted by molar-refractivity contribution is -0.167. The van der Waals surface area contributed by atoms with Gasteiger partial charge in [0.25, 0.3) is 0 Å². The van der Waals surface area contributed by atoms with E-state index >= 15 is 0 Å². The highest BCUT2D eigenvalue weighted by molar-refractivity contribution is 7.89. The molecule has 9 heteroatoms. The van der Waals surface area contributed by atoms with Crippen LogP contribution in [0.3, 0.4) is 0 Å². The molecule has 0 radical (unpaired) electrons. The number of hydrogen-bond donors (Lipinski definition) is 0. The summed E-state index contributed by atoms with van der Waals surface area (Å²) in [5.41, 5.74) is 0. The largest absolute Gasteiger partial charge is 0.465 e. The fourth-order valence-corrected chi connectivity index (χ4v) is 4.40. The van der Waals surface area contributed by atoms with Gasteiger partial charge in [0, 0.05) is 32.1 Å². The molecule has 0 N–H and O–H groups in total. The molecule has 2 atom stereocenters. The Labute approximate surface area is 148 Å². The zero-order valence-corrected chi connectivity index (χ0v) is 15.6. The Morgan fingerprint density at radius 2 is 2.04 bits per heavy atom. The lowest BCUT2D eigenvalue weighted by atomic mass is 10.1. The zero-order chi connectivity index (χ0) is 18.4. The van der Waals surface area contributed by atoms with Crippen LogP contribution in [-0.4, -0.2) is 73.7 Å². The Kier molecular flexibility index (Phi) is 6.88. The first-order valence-electron chi connectivity index (χ1n) is 8.41. The van der Waals surface area contributed by atoms with Crippen molar-refractivity contribution in [1.82, 2.24) is 14.2 Å². The van der Waals surface area contributed by atoms with E-state index in [1.807, 2.05) is 11.8 Å². The standard InChI is InChI=1S/C16H25N3O5S/c1-4-18-10-11-19(25(21,22)13-8-7-9-17-12-13)15(23-5-2)14(18)16(20)24-6-3/h7-9,12,14-15H,4-6,10-11H2,1-3H3. The quantitative estimate of drug-likeness (QED) is 0.652. The van der Waals surface area contributed by atoms with E-state index in [1.54, 1.807) is 19.9 Å². The van der Waals surface area contributed by atoms with Crippen LogP contribution in [0, 0.1) is 0 Å². The van der Waals surface area contributed by atoms with Crippen LogP contribution in [0.15, 0.2) is 29.4 Å². The summed E-state index contributed by atoms with van der Waals surface area (Å²) < 4.78 is 38.2. The minimum absolute atomic E-state index is 0.0762. The van der Waals surface area contributed by atoms with E-state index in [-0.39, 0.29) is 24.7 Å². The number of carbonyl (C=O) groups excluding carboxylic acids is 1. The van der Waals surface area contributed by atoms with E-state index in [4.69, 9.17) is 9.47 Å². The maximum atomic E-state index is 13.0. The smallest absolute Gasteiger partial charge is 0.327 e. The van der Waals surface area contributed by atoms with Gasteiger partial charge in [-0.2, -0.15) is 4.31 Å². The van der Waals surface area contributed by atoms with Crippen LogP contribution in [0.5, 0.6) is 0 Å².